The number of aromatic carboxylic acids is 1. The lowest BCUT2D eigenvalue weighted by molar-refractivity contribution is -0.112. The molecule has 2 aromatic rings. The van der Waals surface area contributed by atoms with Gasteiger partial charge in [0.05, 0.1) is 41.2 Å². The van der Waals surface area contributed by atoms with Crippen LogP contribution in [0, 0.1) is 0 Å². The van der Waals surface area contributed by atoms with Gasteiger partial charge in [-0.05, 0) is 44.0 Å². The van der Waals surface area contributed by atoms with Crippen molar-refractivity contribution in [3.8, 4) is 11.5 Å². The highest BCUT2D eigenvalue weighted by Crippen LogP contribution is 2.42. The van der Waals surface area contributed by atoms with E-state index in [2.05, 4.69) is 37.2 Å². The maximum absolute atomic E-state index is 11.5. The number of nitrogen functional groups attached to an aromatic ring is 1. The first-order valence-electron chi connectivity index (χ1n) is 7.51. The lowest BCUT2D eigenvalue weighted by Gasteiger charge is -2.10. The number of ether oxygens (including phenoxy) is 2. The van der Waals surface area contributed by atoms with Gasteiger partial charge in [0.15, 0.2) is 0 Å². The van der Waals surface area contributed by atoms with Crippen LogP contribution in [-0.4, -0.2) is 37.0 Å². The molecule has 0 aliphatic carbocycles. The van der Waals surface area contributed by atoms with Crippen molar-refractivity contribution >= 4 is 84.1 Å². The third-order valence-electron chi connectivity index (χ3n) is 3.73. The minimum Gasteiger partial charge on any atom is -0.495 e. The van der Waals surface area contributed by atoms with Gasteiger partial charge in [-0.15, -0.1) is 0 Å². The molecule has 8 nitrogen and oxygen atoms in total. The van der Waals surface area contributed by atoms with Gasteiger partial charge in [-0.25, -0.2) is 4.79 Å². The molecular formula is C17H12Br2Cl2N2O6. The molecule has 1 amide bonds. The third-order valence-corrected chi connectivity index (χ3v) is 6.22. The zero-order valence-electron chi connectivity index (χ0n) is 14.7. The number of hydrogen-bond acceptors (Lipinski definition) is 6. The van der Waals surface area contributed by atoms with Crippen LogP contribution in [0.2, 0.25) is 10.0 Å². The number of carboxylic acid groups (broad SMARTS) is 1. The van der Waals surface area contributed by atoms with Gasteiger partial charge in [0.25, 0.3) is 11.7 Å². The molecule has 1 aliphatic rings. The van der Waals surface area contributed by atoms with Crippen LogP contribution in [0.3, 0.4) is 0 Å². The molecule has 0 saturated carbocycles. The third kappa shape index (κ3) is 4.45. The summed E-state index contributed by atoms with van der Waals surface area (Å²) in [4.78, 5) is 33.5. The molecule has 1 aliphatic heterocycles. The smallest absolute Gasteiger partial charge is 0.339 e. The Labute approximate surface area is 191 Å². The number of carbonyl (C=O) groups is 3. The van der Waals surface area contributed by atoms with Gasteiger partial charge >= 0.3 is 5.97 Å². The van der Waals surface area contributed by atoms with Crippen molar-refractivity contribution in [2.24, 2.45) is 0 Å². The molecule has 154 valence electrons. The van der Waals surface area contributed by atoms with Crippen molar-refractivity contribution in [2.75, 3.05) is 25.3 Å². The van der Waals surface area contributed by atoms with E-state index in [-0.39, 0.29) is 32.6 Å². The topological polar surface area (TPSA) is 128 Å². The second-order valence-electron chi connectivity index (χ2n) is 5.38. The van der Waals surface area contributed by atoms with E-state index in [1.54, 1.807) is 6.07 Å². The van der Waals surface area contributed by atoms with Crippen molar-refractivity contribution in [1.29, 1.82) is 0 Å². The standard InChI is InChI=1S/C9H5BrClNO3.C8H7BrClNO3/c1-15-4-2-3(10)6(11)5-7(4)12-9(14)8(5)13;1-14-4-2-3(9)6(10)5(7(4)11)8(12)13/h2H,1H3,(H,12,13,14);2H,11H2,1H3,(H,12,13). The Morgan fingerprint density at radius 3 is 2.10 bits per heavy atom. The largest absolute Gasteiger partial charge is 0.495 e. The van der Waals surface area contributed by atoms with E-state index in [4.69, 9.17) is 43.5 Å². The van der Waals surface area contributed by atoms with E-state index in [0.29, 0.717) is 20.4 Å². The fourth-order valence-corrected chi connectivity index (χ4v) is 3.66. The number of hydrogen-bond donors (Lipinski definition) is 3. The van der Waals surface area contributed by atoms with Crippen LogP contribution in [0.25, 0.3) is 0 Å². The van der Waals surface area contributed by atoms with E-state index in [9.17, 15) is 14.4 Å². The fraction of sp³-hybridized carbons (Fsp3) is 0.118. The van der Waals surface area contributed by atoms with Gasteiger partial charge < -0.3 is 25.6 Å². The molecule has 0 spiro atoms. The SMILES string of the molecule is COc1cc(Br)c(Cl)c(C(=O)O)c1N.COc1cc(Br)c(Cl)c2c1NC(=O)C2=O. The molecule has 0 bridgehead atoms. The minimum atomic E-state index is -1.19. The summed E-state index contributed by atoms with van der Waals surface area (Å²) in [6.45, 7) is 0. The summed E-state index contributed by atoms with van der Waals surface area (Å²) in [7, 11) is 2.85. The zero-order chi connectivity index (χ0) is 22.0. The molecule has 12 heteroatoms. The average Bonchev–Trinajstić information content (AvgIpc) is 2.96. The Bertz CT molecular complexity index is 1050. The number of rotatable bonds is 3. The predicted molar refractivity (Wildman–Crippen MR) is 116 cm³/mol. The van der Waals surface area contributed by atoms with Crippen molar-refractivity contribution in [2.45, 2.75) is 0 Å². The molecule has 0 atom stereocenters. The molecule has 4 N–H and O–H groups in total. The Balaban J connectivity index is 0.000000208. The summed E-state index contributed by atoms with van der Waals surface area (Å²) < 4.78 is 10.9. The Morgan fingerprint density at radius 2 is 1.59 bits per heavy atom. The minimum absolute atomic E-state index is 0.0215. The van der Waals surface area contributed by atoms with E-state index in [0.717, 1.165) is 0 Å². The lowest BCUT2D eigenvalue weighted by atomic mass is 10.1. The highest BCUT2D eigenvalue weighted by molar-refractivity contribution is 9.10. The molecule has 3 rings (SSSR count). The van der Waals surface area contributed by atoms with Crippen LogP contribution in [-0.2, 0) is 4.79 Å². The summed E-state index contributed by atoms with van der Waals surface area (Å²) in [6, 6.07) is 3.12. The number of carboxylic acids is 1. The molecular weight excluding hydrogens is 559 g/mol. The highest BCUT2D eigenvalue weighted by atomic mass is 79.9. The van der Waals surface area contributed by atoms with Crippen LogP contribution < -0.4 is 20.5 Å². The number of fused-ring (bicyclic) bond motifs is 1. The van der Waals surface area contributed by atoms with Gasteiger partial charge in [-0.2, -0.15) is 0 Å². The molecule has 0 saturated heterocycles. The van der Waals surface area contributed by atoms with Crippen molar-refractivity contribution < 1.29 is 29.0 Å². The van der Waals surface area contributed by atoms with Crippen LogP contribution in [0.15, 0.2) is 21.1 Å². The van der Waals surface area contributed by atoms with Gasteiger partial charge in [-0.1, -0.05) is 23.2 Å². The number of methoxy groups -OCH3 is 2. The second kappa shape index (κ2) is 9.21. The number of nitrogens with one attached hydrogen (secondary N) is 1. The van der Waals surface area contributed by atoms with E-state index in [1.165, 1.54) is 20.3 Å². The summed E-state index contributed by atoms with van der Waals surface area (Å²) in [5.41, 5.74) is 5.91. The Morgan fingerprint density at radius 1 is 1.07 bits per heavy atom. The fourth-order valence-electron chi connectivity index (χ4n) is 2.38. The number of anilines is 2. The van der Waals surface area contributed by atoms with Crippen molar-refractivity contribution in [3.05, 3.63) is 42.3 Å². The van der Waals surface area contributed by atoms with Crippen molar-refractivity contribution in [3.63, 3.8) is 0 Å². The number of carbonyl (C=O) groups excluding carboxylic acids is 2. The first-order chi connectivity index (χ1) is 13.5. The van der Waals surface area contributed by atoms with Crippen molar-refractivity contribution in [1.82, 2.24) is 0 Å². The molecule has 0 fully saturated rings. The number of Topliss-reactive ketones (excluding diaryl/α,β-unsaturated/α-hetero) is 1. The first kappa shape index (κ1) is 23.3. The maximum atomic E-state index is 11.5. The Kier molecular flexibility index (Phi) is 7.39. The zero-order valence-corrected chi connectivity index (χ0v) is 19.4. The summed E-state index contributed by atoms with van der Waals surface area (Å²) >= 11 is 18.0. The van der Waals surface area contributed by atoms with Gasteiger partial charge in [-0.3, -0.25) is 9.59 Å². The molecule has 1 heterocycles. The number of ketones is 1. The second-order valence-corrected chi connectivity index (χ2v) is 7.84. The van der Waals surface area contributed by atoms with Gasteiger partial charge in [0, 0.05) is 8.95 Å². The van der Waals surface area contributed by atoms with Gasteiger partial charge in [0.2, 0.25) is 0 Å². The van der Waals surface area contributed by atoms with Crippen LogP contribution in [0.1, 0.15) is 20.7 Å². The summed E-state index contributed by atoms with van der Waals surface area (Å²) in [6.07, 6.45) is 0. The van der Waals surface area contributed by atoms with Crippen LogP contribution >= 0.6 is 55.1 Å². The highest BCUT2D eigenvalue weighted by Gasteiger charge is 2.34. The summed E-state index contributed by atoms with van der Waals surface area (Å²) in [5.74, 6) is -1.84. The van der Waals surface area contributed by atoms with Crippen LogP contribution in [0.4, 0.5) is 11.4 Å². The molecule has 2 aromatic carbocycles. The predicted octanol–water partition coefficient (Wildman–Crippen LogP) is 4.64. The number of halogens is 4. The van der Waals surface area contributed by atoms with Crippen LogP contribution in [0.5, 0.6) is 11.5 Å². The lowest BCUT2D eigenvalue weighted by Crippen LogP contribution is -2.12. The molecule has 0 radical (unpaired) electrons. The maximum Gasteiger partial charge on any atom is 0.339 e. The molecule has 29 heavy (non-hydrogen) atoms. The first-order valence-corrected chi connectivity index (χ1v) is 9.85. The number of amides is 1. The summed E-state index contributed by atoms with van der Waals surface area (Å²) in [5, 5.41) is 11.5. The Hall–Kier alpha value is -2.01. The molecule has 0 aromatic heterocycles. The monoisotopic (exact) mass is 568 g/mol. The van der Waals surface area contributed by atoms with E-state index < -0.39 is 17.7 Å². The molecule has 0 unspecified atom stereocenters. The quantitative estimate of drug-likeness (QED) is 0.362. The average molecular weight is 571 g/mol. The normalized spacial score (nSPS) is 11.9. The number of nitrogens with two attached hydrogens (primary N) is 1. The number of benzene rings is 2. The van der Waals surface area contributed by atoms with Gasteiger partial charge in [0.1, 0.15) is 17.1 Å². The van der Waals surface area contributed by atoms with E-state index in [1.807, 2.05) is 0 Å². The van der Waals surface area contributed by atoms with E-state index >= 15 is 0 Å².